The average molecular weight is 322 g/mol. The van der Waals surface area contributed by atoms with Gasteiger partial charge in [-0.25, -0.2) is 0 Å². The van der Waals surface area contributed by atoms with Gasteiger partial charge in [-0.1, -0.05) is 12.1 Å². The van der Waals surface area contributed by atoms with Gasteiger partial charge in [0.1, 0.15) is 0 Å². The van der Waals surface area contributed by atoms with Crippen LogP contribution in [-0.2, 0) is 0 Å². The number of nitrogens with zero attached hydrogens (tertiary/aromatic N) is 1. The lowest BCUT2D eigenvalue weighted by Gasteiger charge is -2.32. The average Bonchev–Trinajstić information content (AvgIpc) is 3.09. The van der Waals surface area contributed by atoms with Gasteiger partial charge in [0.25, 0.3) is 5.91 Å². The molecule has 1 unspecified atom stereocenters. The van der Waals surface area contributed by atoms with Gasteiger partial charge >= 0.3 is 0 Å². The van der Waals surface area contributed by atoms with Gasteiger partial charge in [0, 0.05) is 36.2 Å². The fraction of sp³-hybridized carbons (Fsp3) is 0.562. The van der Waals surface area contributed by atoms with Gasteiger partial charge in [-0.15, -0.1) is 23.5 Å². The highest BCUT2D eigenvalue weighted by Crippen LogP contribution is 2.45. The van der Waals surface area contributed by atoms with Crippen molar-refractivity contribution < 1.29 is 4.79 Å². The second-order valence-electron chi connectivity index (χ2n) is 5.57. The number of hydrogen-bond acceptors (Lipinski definition) is 4. The Bertz CT molecular complexity index is 486. The normalized spacial score (nSPS) is 23.5. The number of carbonyl (C=O) groups excluding carboxylic acids is 1. The summed E-state index contributed by atoms with van der Waals surface area (Å²) in [6.07, 6.45) is 2.25. The first-order valence-corrected chi connectivity index (χ1v) is 9.67. The van der Waals surface area contributed by atoms with Crippen molar-refractivity contribution in [2.75, 3.05) is 31.6 Å². The third kappa shape index (κ3) is 3.58. The maximum Gasteiger partial charge on any atom is 0.253 e. The molecule has 0 saturated carbocycles. The molecule has 21 heavy (non-hydrogen) atoms. The van der Waals surface area contributed by atoms with Gasteiger partial charge in [-0.05, 0) is 37.6 Å². The van der Waals surface area contributed by atoms with E-state index in [1.54, 1.807) is 0 Å². The molecule has 0 bridgehead atoms. The van der Waals surface area contributed by atoms with Gasteiger partial charge in [0.2, 0.25) is 0 Å². The molecule has 3 nitrogen and oxygen atoms in total. The molecule has 114 valence electrons. The molecule has 5 heteroatoms. The maximum absolute atomic E-state index is 12.6. The van der Waals surface area contributed by atoms with E-state index in [1.165, 1.54) is 17.1 Å². The number of benzene rings is 1. The molecule has 2 aliphatic heterocycles. The molecule has 0 aliphatic carbocycles. The lowest BCUT2D eigenvalue weighted by Crippen LogP contribution is -2.46. The first-order chi connectivity index (χ1) is 10.3. The molecule has 1 atom stereocenters. The zero-order valence-corrected chi connectivity index (χ0v) is 14.0. The van der Waals surface area contributed by atoms with E-state index in [0.717, 1.165) is 31.5 Å². The monoisotopic (exact) mass is 322 g/mol. The number of thioether (sulfide) groups is 2. The van der Waals surface area contributed by atoms with Gasteiger partial charge in [-0.2, -0.15) is 0 Å². The fourth-order valence-corrected chi connectivity index (χ4v) is 5.77. The third-order valence-corrected chi connectivity index (χ3v) is 7.27. The van der Waals surface area contributed by atoms with E-state index in [9.17, 15) is 4.79 Å². The van der Waals surface area contributed by atoms with Crippen LogP contribution in [0, 0.1) is 0 Å². The van der Waals surface area contributed by atoms with Crippen LogP contribution in [0.15, 0.2) is 24.3 Å². The van der Waals surface area contributed by atoms with Crippen molar-refractivity contribution >= 4 is 29.4 Å². The quantitative estimate of drug-likeness (QED) is 0.927. The molecular formula is C16H22N2OS2. The number of rotatable bonds is 3. The Balaban J connectivity index is 1.66. The van der Waals surface area contributed by atoms with Crippen LogP contribution in [0.25, 0.3) is 0 Å². The number of likely N-dealkylation sites (N-methyl/N-ethyl adjacent to an activating group) is 1. The summed E-state index contributed by atoms with van der Waals surface area (Å²) < 4.78 is 0.554. The molecule has 2 fully saturated rings. The molecule has 2 aliphatic rings. The fourth-order valence-electron chi connectivity index (χ4n) is 2.91. The van der Waals surface area contributed by atoms with Crippen LogP contribution in [0.2, 0.25) is 0 Å². The van der Waals surface area contributed by atoms with E-state index in [4.69, 9.17) is 0 Å². The van der Waals surface area contributed by atoms with E-state index >= 15 is 0 Å². The minimum absolute atomic E-state index is 0.174. The molecule has 2 heterocycles. The molecule has 2 saturated heterocycles. The third-order valence-electron chi connectivity index (χ3n) is 4.17. The maximum atomic E-state index is 12.6. The van der Waals surface area contributed by atoms with Gasteiger partial charge in [0.05, 0.1) is 4.58 Å². The zero-order chi connectivity index (χ0) is 14.7. The van der Waals surface area contributed by atoms with E-state index in [-0.39, 0.29) is 5.91 Å². The van der Waals surface area contributed by atoms with Crippen molar-refractivity contribution in [3.8, 4) is 0 Å². The van der Waals surface area contributed by atoms with E-state index in [1.807, 2.05) is 47.6 Å². The largest absolute Gasteiger partial charge is 0.337 e. The Kier molecular flexibility index (Phi) is 5.14. The minimum Gasteiger partial charge on any atom is -0.337 e. The molecule has 0 spiro atoms. The molecule has 0 radical (unpaired) electrons. The summed E-state index contributed by atoms with van der Waals surface area (Å²) >= 11 is 4.00. The summed E-state index contributed by atoms with van der Waals surface area (Å²) in [5.74, 6) is 2.64. The topological polar surface area (TPSA) is 32.3 Å². The molecule has 1 aromatic carbocycles. The highest BCUT2D eigenvalue weighted by molar-refractivity contribution is 8.19. The minimum atomic E-state index is 0.174. The number of carbonyl (C=O) groups is 1. The smallest absolute Gasteiger partial charge is 0.253 e. The van der Waals surface area contributed by atoms with Crippen molar-refractivity contribution in [1.82, 2.24) is 10.2 Å². The standard InChI is InChI=1S/C16H22N2OS2/c1-17-14-3-2-8-18(11-14)15(19)12-4-6-13(7-5-12)16-20-9-10-21-16/h4-7,14,16-17H,2-3,8-11H2,1H3. The summed E-state index contributed by atoms with van der Waals surface area (Å²) in [6.45, 7) is 1.71. The first-order valence-electron chi connectivity index (χ1n) is 7.57. The Morgan fingerprint density at radius 1 is 1.24 bits per heavy atom. The lowest BCUT2D eigenvalue weighted by molar-refractivity contribution is 0.0698. The molecular weight excluding hydrogens is 300 g/mol. The Labute approximate surface area is 135 Å². The van der Waals surface area contributed by atoms with Crippen molar-refractivity contribution in [2.24, 2.45) is 0 Å². The predicted molar refractivity (Wildman–Crippen MR) is 92.1 cm³/mol. The van der Waals surface area contributed by atoms with Crippen LogP contribution in [-0.4, -0.2) is 48.5 Å². The summed E-state index contributed by atoms with van der Waals surface area (Å²) in [6, 6.07) is 8.69. The zero-order valence-electron chi connectivity index (χ0n) is 12.4. The van der Waals surface area contributed by atoms with Gasteiger partial charge in [-0.3, -0.25) is 4.79 Å². The Morgan fingerprint density at radius 2 is 1.95 bits per heavy atom. The van der Waals surface area contributed by atoms with E-state index in [0.29, 0.717) is 10.6 Å². The van der Waals surface area contributed by atoms with Crippen LogP contribution in [0.3, 0.4) is 0 Å². The first kappa shape index (κ1) is 15.3. The van der Waals surface area contributed by atoms with Crippen LogP contribution in [0.5, 0.6) is 0 Å². The van der Waals surface area contributed by atoms with E-state index in [2.05, 4.69) is 17.4 Å². The van der Waals surface area contributed by atoms with Crippen LogP contribution < -0.4 is 5.32 Å². The summed E-state index contributed by atoms with van der Waals surface area (Å²) in [5.41, 5.74) is 2.16. The summed E-state index contributed by atoms with van der Waals surface area (Å²) in [5, 5.41) is 3.29. The molecule has 1 aromatic rings. The van der Waals surface area contributed by atoms with Crippen molar-refractivity contribution in [1.29, 1.82) is 0 Å². The number of hydrogen-bond donors (Lipinski definition) is 1. The summed E-state index contributed by atoms with van der Waals surface area (Å²) in [7, 11) is 1.98. The number of piperidine rings is 1. The lowest BCUT2D eigenvalue weighted by atomic mass is 10.0. The van der Waals surface area contributed by atoms with Crippen molar-refractivity contribution in [3.05, 3.63) is 35.4 Å². The number of nitrogens with one attached hydrogen (secondary N) is 1. The second-order valence-corrected chi connectivity index (χ2v) is 8.30. The molecule has 1 N–H and O–H groups in total. The molecule has 3 rings (SSSR count). The SMILES string of the molecule is CNC1CCCN(C(=O)c2ccc(C3SCCS3)cc2)C1. The Hall–Kier alpha value is -0.650. The van der Waals surface area contributed by atoms with E-state index < -0.39 is 0 Å². The second kappa shape index (κ2) is 7.07. The van der Waals surface area contributed by atoms with Crippen molar-refractivity contribution in [3.63, 3.8) is 0 Å². The van der Waals surface area contributed by atoms with Crippen molar-refractivity contribution in [2.45, 2.75) is 23.5 Å². The van der Waals surface area contributed by atoms with Crippen LogP contribution in [0.4, 0.5) is 0 Å². The van der Waals surface area contributed by atoms with Crippen LogP contribution >= 0.6 is 23.5 Å². The molecule has 0 aromatic heterocycles. The van der Waals surface area contributed by atoms with Crippen LogP contribution in [0.1, 0.15) is 33.3 Å². The Morgan fingerprint density at radius 3 is 2.62 bits per heavy atom. The highest BCUT2D eigenvalue weighted by atomic mass is 32.2. The summed E-state index contributed by atoms with van der Waals surface area (Å²) in [4.78, 5) is 14.6. The highest BCUT2D eigenvalue weighted by Gasteiger charge is 2.24. The number of amides is 1. The van der Waals surface area contributed by atoms with Gasteiger partial charge < -0.3 is 10.2 Å². The number of likely N-dealkylation sites (tertiary alicyclic amines) is 1. The van der Waals surface area contributed by atoms with Gasteiger partial charge in [0.15, 0.2) is 0 Å². The molecule has 1 amide bonds. The predicted octanol–water partition coefficient (Wildman–Crippen LogP) is 2.99.